The second kappa shape index (κ2) is 6.58. The third kappa shape index (κ3) is 3.59. The molecule has 1 aliphatic heterocycles. The van der Waals surface area contributed by atoms with E-state index in [0.29, 0.717) is 5.92 Å². The zero-order valence-corrected chi connectivity index (χ0v) is 11.4. The Morgan fingerprint density at radius 1 is 1.44 bits per heavy atom. The van der Waals surface area contributed by atoms with Crippen LogP contribution in [-0.4, -0.2) is 11.5 Å². The van der Waals surface area contributed by atoms with E-state index < -0.39 is 0 Å². The van der Waals surface area contributed by atoms with Crippen LogP contribution in [0.5, 0.6) is 0 Å². The summed E-state index contributed by atoms with van der Waals surface area (Å²) in [5.41, 5.74) is 2.61. The van der Waals surface area contributed by atoms with Crippen molar-refractivity contribution in [3.63, 3.8) is 0 Å². The monoisotopic (exact) mass is 244 g/mol. The molecule has 2 nitrogen and oxygen atoms in total. The smallest absolute Gasteiger partial charge is 0.129 e. The number of hydrogen-bond donors (Lipinski definition) is 1. The fourth-order valence-electron chi connectivity index (χ4n) is 2.40. The third-order valence-corrected chi connectivity index (χ3v) is 3.70. The highest BCUT2D eigenvalue weighted by molar-refractivity contribution is 5.46. The van der Waals surface area contributed by atoms with Crippen molar-refractivity contribution in [2.75, 3.05) is 11.9 Å². The zero-order chi connectivity index (χ0) is 12.8. The van der Waals surface area contributed by atoms with Crippen molar-refractivity contribution in [1.29, 1.82) is 0 Å². The van der Waals surface area contributed by atoms with E-state index in [0.717, 1.165) is 18.8 Å². The van der Waals surface area contributed by atoms with Crippen LogP contribution in [0.15, 0.2) is 24.8 Å². The molecule has 0 fully saturated rings. The van der Waals surface area contributed by atoms with E-state index in [9.17, 15) is 0 Å². The minimum Gasteiger partial charge on any atom is -0.370 e. The van der Waals surface area contributed by atoms with E-state index in [-0.39, 0.29) is 0 Å². The lowest BCUT2D eigenvalue weighted by Gasteiger charge is -2.17. The minimum absolute atomic E-state index is 0.642. The van der Waals surface area contributed by atoms with Gasteiger partial charge in [-0.25, -0.2) is 4.98 Å². The average molecular weight is 244 g/mol. The molecule has 1 atom stereocenters. The molecule has 2 heteroatoms. The summed E-state index contributed by atoms with van der Waals surface area (Å²) in [6, 6.07) is 4.44. The number of allylic oxidation sites excluding steroid dienone is 1. The van der Waals surface area contributed by atoms with Crippen LogP contribution >= 0.6 is 0 Å². The second-order valence-electron chi connectivity index (χ2n) is 5.30. The summed E-state index contributed by atoms with van der Waals surface area (Å²) in [4.78, 5) is 4.72. The SMILES string of the molecule is C=CC(C)CCCCc1ccc2c(n1)NCCC2. The first-order chi connectivity index (χ1) is 8.79. The Kier molecular flexibility index (Phi) is 4.80. The summed E-state index contributed by atoms with van der Waals surface area (Å²) < 4.78 is 0. The van der Waals surface area contributed by atoms with Gasteiger partial charge in [-0.05, 0) is 49.7 Å². The van der Waals surface area contributed by atoms with E-state index in [4.69, 9.17) is 4.98 Å². The summed E-state index contributed by atoms with van der Waals surface area (Å²) in [5, 5.41) is 3.40. The van der Waals surface area contributed by atoms with Gasteiger partial charge in [0.05, 0.1) is 0 Å². The van der Waals surface area contributed by atoms with Crippen molar-refractivity contribution in [1.82, 2.24) is 4.98 Å². The first-order valence-electron chi connectivity index (χ1n) is 7.15. The number of aryl methyl sites for hydroxylation is 2. The largest absolute Gasteiger partial charge is 0.370 e. The molecule has 0 amide bonds. The van der Waals surface area contributed by atoms with Crippen LogP contribution in [0.2, 0.25) is 0 Å². The highest BCUT2D eigenvalue weighted by Crippen LogP contribution is 2.20. The molecule has 1 N–H and O–H groups in total. The molecule has 0 bridgehead atoms. The molecule has 98 valence electrons. The Morgan fingerprint density at radius 2 is 2.33 bits per heavy atom. The van der Waals surface area contributed by atoms with Gasteiger partial charge in [0.1, 0.15) is 5.82 Å². The molecule has 2 heterocycles. The van der Waals surface area contributed by atoms with Crippen LogP contribution in [0.4, 0.5) is 5.82 Å². The Labute approximate surface area is 111 Å². The Bertz CT molecular complexity index is 398. The fourth-order valence-corrected chi connectivity index (χ4v) is 2.40. The van der Waals surface area contributed by atoms with Gasteiger partial charge in [0.15, 0.2) is 0 Å². The summed E-state index contributed by atoms with van der Waals surface area (Å²) in [6.07, 6.45) is 9.27. The summed E-state index contributed by atoms with van der Waals surface area (Å²) in [6.45, 7) is 7.13. The Balaban J connectivity index is 1.81. The van der Waals surface area contributed by atoms with Crippen molar-refractivity contribution in [3.05, 3.63) is 36.0 Å². The van der Waals surface area contributed by atoms with Crippen LogP contribution < -0.4 is 5.32 Å². The summed E-state index contributed by atoms with van der Waals surface area (Å²) in [7, 11) is 0. The number of pyridine rings is 1. The molecule has 18 heavy (non-hydrogen) atoms. The molecule has 2 rings (SSSR count). The van der Waals surface area contributed by atoms with E-state index in [1.54, 1.807) is 0 Å². The van der Waals surface area contributed by atoms with E-state index in [1.807, 2.05) is 6.08 Å². The van der Waals surface area contributed by atoms with Gasteiger partial charge in [-0.2, -0.15) is 0 Å². The molecule has 1 aromatic rings. The molecule has 1 aromatic heterocycles. The third-order valence-electron chi connectivity index (χ3n) is 3.70. The van der Waals surface area contributed by atoms with E-state index in [2.05, 4.69) is 31.0 Å². The zero-order valence-electron chi connectivity index (χ0n) is 11.4. The number of anilines is 1. The standard InChI is InChI=1S/C16H24N2/c1-3-13(2)7-4-5-9-15-11-10-14-8-6-12-17-16(14)18-15/h3,10-11,13H,1,4-9,12H2,2H3,(H,17,18). The van der Waals surface area contributed by atoms with Crippen LogP contribution in [0, 0.1) is 5.92 Å². The predicted octanol–water partition coefficient (Wildman–Crippen LogP) is 3.97. The van der Waals surface area contributed by atoms with Gasteiger partial charge in [0, 0.05) is 12.2 Å². The maximum atomic E-state index is 4.72. The number of hydrogen-bond acceptors (Lipinski definition) is 2. The minimum atomic E-state index is 0.642. The van der Waals surface area contributed by atoms with Crippen LogP contribution in [-0.2, 0) is 12.8 Å². The molecule has 1 unspecified atom stereocenters. The van der Waals surface area contributed by atoms with Crippen molar-refractivity contribution in [2.45, 2.75) is 45.4 Å². The molecule has 0 spiro atoms. The van der Waals surface area contributed by atoms with Crippen molar-refractivity contribution < 1.29 is 0 Å². The molecule has 0 aromatic carbocycles. The quantitative estimate of drug-likeness (QED) is 0.605. The van der Waals surface area contributed by atoms with E-state index >= 15 is 0 Å². The highest BCUT2D eigenvalue weighted by atomic mass is 15.0. The average Bonchev–Trinajstić information content (AvgIpc) is 2.43. The first kappa shape index (κ1) is 13.1. The van der Waals surface area contributed by atoms with Gasteiger partial charge >= 0.3 is 0 Å². The predicted molar refractivity (Wildman–Crippen MR) is 78.0 cm³/mol. The van der Waals surface area contributed by atoms with Gasteiger partial charge in [-0.3, -0.25) is 0 Å². The maximum Gasteiger partial charge on any atom is 0.129 e. The second-order valence-corrected chi connectivity index (χ2v) is 5.30. The fraction of sp³-hybridized carbons (Fsp3) is 0.562. The number of unbranched alkanes of at least 4 members (excludes halogenated alkanes) is 1. The molecule has 0 saturated carbocycles. The lowest BCUT2D eigenvalue weighted by atomic mass is 10.0. The molecule has 1 aliphatic rings. The lowest BCUT2D eigenvalue weighted by molar-refractivity contribution is 0.579. The molecular formula is C16H24N2. The van der Waals surface area contributed by atoms with Gasteiger partial charge in [-0.15, -0.1) is 6.58 Å². The number of nitrogens with zero attached hydrogens (tertiary/aromatic N) is 1. The lowest BCUT2D eigenvalue weighted by Crippen LogP contribution is -2.14. The van der Waals surface area contributed by atoms with Crippen molar-refractivity contribution in [2.24, 2.45) is 5.92 Å². The topological polar surface area (TPSA) is 24.9 Å². The highest BCUT2D eigenvalue weighted by Gasteiger charge is 2.09. The van der Waals surface area contributed by atoms with Gasteiger partial charge in [-0.1, -0.05) is 25.5 Å². The van der Waals surface area contributed by atoms with Crippen molar-refractivity contribution in [3.8, 4) is 0 Å². The van der Waals surface area contributed by atoms with Crippen LogP contribution in [0.3, 0.4) is 0 Å². The Morgan fingerprint density at radius 3 is 3.17 bits per heavy atom. The number of aromatic nitrogens is 1. The molecule has 0 aliphatic carbocycles. The molecule has 0 radical (unpaired) electrons. The van der Waals surface area contributed by atoms with Gasteiger partial charge in [0.2, 0.25) is 0 Å². The van der Waals surface area contributed by atoms with Crippen molar-refractivity contribution >= 4 is 5.82 Å². The maximum absolute atomic E-state index is 4.72. The van der Waals surface area contributed by atoms with Gasteiger partial charge in [0.25, 0.3) is 0 Å². The molecule has 0 saturated heterocycles. The van der Waals surface area contributed by atoms with E-state index in [1.165, 1.54) is 43.4 Å². The van der Waals surface area contributed by atoms with Gasteiger partial charge < -0.3 is 5.32 Å². The first-order valence-corrected chi connectivity index (χ1v) is 7.15. The summed E-state index contributed by atoms with van der Waals surface area (Å²) >= 11 is 0. The normalized spacial score (nSPS) is 15.6. The summed E-state index contributed by atoms with van der Waals surface area (Å²) in [5.74, 6) is 1.77. The van der Waals surface area contributed by atoms with Crippen LogP contribution in [0.25, 0.3) is 0 Å². The number of nitrogens with one attached hydrogen (secondary N) is 1. The number of fused-ring (bicyclic) bond motifs is 1. The number of rotatable bonds is 6. The Hall–Kier alpha value is -1.31. The molecular weight excluding hydrogens is 220 g/mol. The van der Waals surface area contributed by atoms with Crippen LogP contribution in [0.1, 0.15) is 43.9 Å².